The summed E-state index contributed by atoms with van der Waals surface area (Å²) in [5, 5.41) is 0. The molecular weight excluding hydrogens is 282 g/mol. The van der Waals surface area contributed by atoms with Crippen LogP contribution in [0.3, 0.4) is 0 Å². The third-order valence-corrected chi connectivity index (χ3v) is 3.96. The van der Waals surface area contributed by atoms with Crippen molar-refractivity contribution in [3.05, 3.63) is 36.4 Å². The summed E-state index contributed by atoms with van der Waals surface area (Å²) in [5.41, 5.74) is 6.30. The summed E-state index contributed by atoms with van der Waals surface area (Å²) in [7, 11) is 1.64. The Morgan fingerprint density at radius 1 is 1.45 bits per heavy atom. The number of hydrogen-bond donors (Lipinski definition) is 1. The lowest BCUT2D eigenvalue weighted by atomic mass is 10.1. The first kappa shape index (κ1) is 14.6. The van der Waals surface area contributed by atoms with E-state index in [1.54, 1.807) is 13.3 Å². The van der Waals surface area contributed by atoms with Crippen molar-refractivity contribution in [1.29, 1.82) is 0 Å². The molecule has 1 atom stereocenters. The summed E-state index contributed by atoms with van der Waals surface area (Å²) < 4.78 is 10.9. The highest BCUT2D eigenvalue weighted by atomic mass is 16.5. The number of amides is 1. The number of methoxy groups -OCH3 is 1. The Morgan fingerprint density at radius 3 is 2.86 bits per heavy atom. The summed E-state index contributed by atoms with van der Waals surface area (Å²) in [4.78, 5) is 17.6. The van der Waals surface area contributed by atoms with Crippen molar-refractivity contribution in [2.45, 2.75) is 13.0 Å². The van der Waals surface area contributed by atoms with Gasteiger partial charge in [0.05, 0.1) is 25.8 Å². The molecule has 1 aliphatic rings. The van der Waals surface area contributed by atoms with Crippen LogP contribution in [0.1, 0.15) is 12.3 Å². The third kappa shape index (κ3) is 3.12. The third-order valence-electron chi connectivity index (χ3n) is 3.96. The van der Waals surface area contributed by atoms with Gasteiger partial charge < -0.3 is 14.9 Å². The highest BCUT2D eigenvalue weighted by molar-refractivity contribution is 5.77. The van der Waals surface area contributed by atoms with Crippen LogP contribution in [0.2, 0.25) is 0 Å². The number of hydrogen-bond acceptors (Lipinski definition) is 5. The molecular formula is C16H19N3O3. The molecule has 3 rings (SSSR count). The minimum absolute atomic E-state index is 0.0592. The van der Waals surface area contributed by atoms with Crippen LogP contribution in [0, 0.1) is 5.92 Å². The monoisotopic (exact) mass is 301 g/mol. The van der Waals surface area contributed by atoms with Crippen LogP contribution in [0.25, 0.3) is 11.3 Å². The maximum Gasteiger partial charge on any atom is 0.221 e. The fourth-order valence-electron chi connectivity index (χ4n) is 2.67. The molecule has 1 aliphatic heterocycles. The first-order chi connectivity index (χ1) is 10.7. The first-order valence-corrected chi connectivity index (χ1v) is 7.26. The Balaban J connectivity index is 1.65. The molecule has 116 valence electrons. The largest absolute Gasteiger partial charge is 0.497 e. The molecule has 6 nitrogen and oxygen atoms in total. The van der Waals surface area contributed by atoms with E-state index in [9.17, 15) is 4.79 Å². The fraction of sp³-hybridized carbons (Fsp3) is 0.375. The Labute approximate surface area is 128 Å². The van der Waals surface area contributed by atoms with Crippen LogP contribution in [0.5, 0.6) is 5.75 Å². The number of carbonyl (C=O) groups is 1. The van der Waals surface area contributed by atoms with Crippen molar-refractivity contribution in [2.75, 3.05) is 20.2 Å². The molecule has 0 bridgehead atoms. The van der Waals surface area contributed by atoms with E-state index < -0.39 is 0 Å². The summed E-state index contributed by atoms with van der Waals surface area (Å²) >= 11 is 0. The van der Waals surface area contributed by atoms with E-state index >= 15 is 0 Å². The van der Waals surface area contributed by atoms with Gasteiger partial charge in [-0.05, 0) is 37.2 Å². The van der Waals surface area contributed by atoms with Crippen molar-refractivity contribution >= 4 is 5.91 Å². The molecule has 1 saturated heterocycles. The van der Waals surface area contributed by atoms with Gasteiger partial charge in [-0.1, -0.05) is 0 Å². The molecule has 6 heteroatoms. The van der Waals surface area contributed by atoms with Crippen LogP contribution < -0.4 is 10.5 Å². The van der Waals surface area contributed by atoms with Gasteiger partial charge in [0.1, 0.15) is 5.75 Å². The first-order valence-electron chi connectivity index (χ1n) is 7.26. The molecule has 0 saturated carbocycles. The molecule has 22 heavy (non-hydrogen) atoms. The molecule has 0 unspecified atom stereocenters. The molecule has 1 aromatic carbocycles. The highest BCUT2D eigenvalue weighted by Crippen LogP contribution is 2.24. The van der Waals surface area contributed by atoms with E-state index in [1.165, 1.54) is 0 Å². The lowest BCUT2D eigenvalue weighted by Gasteiger charge is -2.12. The molecule has 2 N–H and O–H groups in total. The quantitative estimate of drug-likeness (QED) is 0.908. The zero-order valence-corrected chi connectivity index (χ0v) is 12.5. The number of aromatic nitrogens is 1. The summed E-state index contributed by atoms with van der Waals surface area (Å²) in [6.45, 7) is 2.11. The average molecular weight is 301 g/mol. The zero-order chi connectivity index (χ0) is 15.5. The Morgan fingerprint density at radius 2 is 2.23 bits per heavy atom. The minimum atomic E-state index is -0.228. The predicted octanol–water partition coefficient (Wildman–Crippen LogP) is 1.66. The van der Waals surface area contributed by atoms with Crippen LogP contribution in [-0.2, 0) is 11.3 Å². The number of benzene rings is 1. The normalized spacial score (nSPS) is 18.5. The molecule has 0 aliphatic carbocycles. The summed E-state index contributed by atoms with van der Waals surface area (Å²) in [6.07, 6.45) is 2.53. The number of carbonyl (C=O) groups excluding carboxylic acids is 1. The zero-order valence-electron chi connectivity index (χ0n) is 12.5. The highest BCUT2D eigenvalue weighted by Gasteiger charge is 2.27. The van der Waals surface area contributed by atoms with Crippen molar-refractivity contribution in [3.63, 3.8) is 0 Å². The van der Waals surface area contributed by atoms with Crippen LogP contribution in [0.4, 0.5) is 0 Å². The molecule has 1 amide bonds. The number of nitrogens with zero attached hydrogens (tertiary/aromatic N) is 2. The van der Waals surface area contributed by atoms with Gasteiger partial charge in [-0.3, -0.25) is 9.69 Å². The van der Waals surface area contributed by atoms with E-state index in [2.05, 4.69) is 9.88 Å². The number of oxazole rings is 1. The van der Waals surface area contributed by atoms with Gasteiger partial charge in [0.25, 0.3) is 0 Å². The fourth-order valence-corrected chi connectivity index (χ4v) is 2.67. The van der Waals surface area contributed by atoms with Gasteiger partial charge in [0.15, 0.2) is 5.76 Å². The predicted molar refractivity (Wildman–Crippen MR) is 81.1 cm³/mol. The van der Waals surface area contributed by atoms with Gasteiger partial charge in [-0.2, -0.15) is 0 Å². The number of primary amides is 1. The van der Waals surface area contributed by atoms with Gasteiger partial charge >= 0.3 is 0 Å². The van der Waals surface area contributed by atoms with E-state index in [1.807, 2.05) is 24.3 Å². The van der Waals surface area contributed by atoms with E-state index in [0.29, 0.717) is 19.0 Å². The van der Waals surface area contributed by atoms with Gasteiger partial charge in [0, 0.05) is 12.1 Å². The Bertz CT molecular complexity index is 651. The Hall–Kier alpha value is -2.34. The topological polar surface area (TPSA) is 81.6 Å². The molecule has 1 fully saturated rings. The van der Waals surface area contributed by atoms with Crippen molar-refractivity contribution < 1.29 is 13.9 Å². The summed E-state index contributed by atoms with van der Waals surface area (Å²) in [5.74, 6) is 1.89. The van der Waals surface area contributed by atoms with Gasteiger partial charge in [0.2, 0.25) is 11.8 Å². The van der Waals surface area contributed by atoms with Crippen molar-refractivity contribution in [1.82, 2.24) is 9.88 Å². The van der Waals surface area contributed by atoms with Crippen molar-refractivity contribution in [2.24, 2.45) is 11.7 Å². The SMILES string of the molecule is COc1ccc(-c2cnc(CN3CC[C@@H](C(N)=O)C3)o2)cc1. The lowest BCUT2D eigenvalue weighted by molar-refractivity contribution is -0.121. The smallest absolute Gasteiger partial charge is 0.221 e. The second kappa shape index (κ2) is 6.19. The maximum atomic E-state index is 11.2. The second-order valence-electron chi connectivity index (χ2n) is 5.47. The number of nitrogens with two attached hydrogens (primary N) is 1. The standard InChI is InChI=1S/C16H19N3O3/c1-21-13-4-2-11(3-5-13)14-8-18-15(22-14)10-19-7-6-12(9-19)16(17)20/h2-5,8,12H,6-7,9-10H2,1H3,(H2,17,20)/t12-/m1/s1. The summed E-state index contributed by atoms with van der Waals surface area (Å²) in [6, 6.07) is 7.63. The van der Waals surface area contributed by atoms with Crippen LogP contribution >= 0.6 is 0 Å². The molecule has 0 radical (unpaired) electrons. The van der Waals surface area contributed by atoms with Crippen LogP contribution in [-0.4, -0.2) is 36.0 Å². The Kier molecular flexibility index (Phi) is 4.11. The van der Waals surface area contributed by atoms with E-state index in [0.717, 1.165) is 30.0 Å². The van der Waals surface area contributed by atoms with E-state index in [4.69, 9.17) is 14.9 Å². The van der Waals surface area contributed by atoms with Gasteiger partial charge in [-0.25, -0.2) is 4.98 Å². The maximum absolute atomic E-state index is 11.2. The molecule has 0 spiro atoms. The molecule has 2 heterocycles. The van der Waals surface area contributed by atoms with Gasteiger partial charge in [-0.15, -0.1) is 0 Å². The number of likely N-dealkylation sites (tertiary alicyclic amines) is 1. The van der Waals surface area contributed by atoms with E-state index in [-0.39, 0.29) is 11.8 Å². The average Bonchev–Trinajstić information content (AvgIpc) is 3.17. The molecule has 2 aromatic rings. The number of rotatable bonds is 5. The second-order valence-corrected chi connectivity index (χ2v) is 5.47. The number of ether oxygens (including phenoxy) is 1. The van der Waals surface area contributed by atoms with Crippen LogP contribution in [0.15, 0.2) is 34.9 Å². The minimum Gasteiger partial charge on any atom is -0.497 e. The molecule has 1 aromatic heterocycles. The lowest BCUT2D eigenvalue weighted by Crippen LogP contribution is -2.27. The van der Waals surface area contributed by atoms with Crippen molar-refractivity contribution in [3.8, 4) is 17.1 Å².